The van der Waals surface area contributed by atoms with Gasteiger partial charge in [-0.3, -0.25) is 0 Å². The summed E-state index contributed by atoms with van der Waals surface area (Å²) in [5, 5.41) is 4.64. The van der Waals surface area contributed by atoms with Gasteiger partial charge in [-0.15, -0.1) is 0 Å². The lowest BCUT2D eigenvalue weighted by Crippen LogP contribution is -2.35. The Balaban J connectivity index is 1.77. The molecule has 1 aromatic carbocycles. The minimum Gasteiger partial charge on any atom is -0.361 e. The molecule has 18 heavy (non-hydrogen) atoms. The summed E-state index contributed by atoms with van der Waals surface area (Å²) in [6.45, 7) is 5.52. The SMILES string of the molecule is CCC1(CNc2nc3c(C)cccc3s2)CCC1. The number of aryl methyl sites for hydroxylation is 1. The van der Waals surface area contributed by atoms with Crippen LogP contribution in [0.4, 0.5) is 5.13 Å². The molecule has 0 unspecified atom stereocenters. The predicted molar refractivity (Wildman–Crippen MR) is 79.4 cm³/mol. The fraction of sp³-hybridized carbons (Fsp3) is 0.533. The second kappa shape index (κ2) is 4.54. The summed E-state index contributed by atoms with van der Waals surface area (Å²) in [6, 6.07) is 6.40. The van der Waals surface area contributed by atoms with Gasteiger partial charge in [0.2, 0.25) is 0 Å². The normalized spacial score (nSPS) is 17.7. The van der Waals surface area contributed by atoms with E-state index in [9.17, 15) is 0 Å². The van der Waals surface area contributed by atoms with Gasteiger partial charge in [-0.05, 0) is 43.2 Å². The highest BCUT2D eigenvalue weighted by Gasteiger charge is 2.34. The Hall–Kier alpha value is -1.09. The number of thiazole rings is 1. The first-order valence-corrected chi connectivity index (χ1v) is 7.64. The van der Waals surface area contributed by atoms with E-state index in [1.165, 1.54) is 35.9 Å². The van der Waals surface area contributed by atoms with Crippen LogP contribution in [0.1, 0.15) is 38.2 Å². The standard InChI is InChI=1S/C15H20N2S/c1-3-15(8-5-9-15)10-16-14-17-13-11(2)6-4-7-12(13)18-14/h4,6-7H,3,5,8-10H2,1-2H3,(H,16,17). The number of nitrogens with zero attached hydrogens (tertiary/aromatic N) is 1. The third-order valence-corrected chi connectivity index (χ3v) is 5.38. The van der Waals surface area contributed by atoms with E-state index in [0.29, 0.717) is 5.41 Å². The molecule has 0 radical (unpaired) electrons. The van der Waals surface area contributed by atoms with Crippen LogP contribution in [0.2, 0.25) is 0 Å². The Bertz CT molecular complexity index is 549. The monoisotopic (exact) mass is 260 g/mol. The maximum absolute atomic E-state index is 4.72. The highest BCUT2D eigenvalue weighted by Crippen LogP contribution is 2.44. The molecule has 2 nitrogen and oxygen atoms in total. The molecule has 1 saturated carbocycles. The lowest BCUT2D eigenvalue weighted by Gasteiger charge is -2.41. The van der Waals surface area contributed by atoms with Crippen LogP contribution >= 0.6 is 11.3 Å². The summed E-state index contributed by atoms with van der Waals surface area (Å²) < 4.78 is 1.29. The second-order valence-electron chi connectivity index (χ2n) is 5.50. The number of benzene rings is 1. The number of hydrogen-bond acceptors (Lipinski definition) is 3. The van der Waals surface area contributed by atoms with Crippen molar-refractivity contribution in [3.8, 4) is 0 Å². The molecule has 3 heteroatoms. The maximum atomic E-state index is 4.72. The van der Waals surface area contributed by atoms with Crippen molar-refractivity contribution in [2.24, 2.45) is 5.41 Å². The quantitative estimate of drug-likeness (QED) is 0.869. The van der Waals surface area contributed by atoms with Crippen molar-refractivity contribution in [1.29, 1.82) is 0 Å². The van der Waals surface area contributed by atoms with Gasteiger partial charge < -0.3 is 5.32 Å². The molecule has 96 valence electrons. The van der Waals surface area contributed by atoms with Crippen LogP contribution in [-0.2, 0) is 0 Å². The van der Waals surface area contributed by atoms with Crippen molar-refractivity contribution in [2.75, 3.05) is 11.9 Å². The highest BCUT2D eigenvalue weighted by atomic mass is 32.1. The number of aromatic nitrogens is 1. The lowest BCUT2D eigenvalue weighted by atomic mass is 9.67. The Morgan fingerprint density at radius 3 is 2.83 bits per heavy atom. The van der Waals surface area contributed by atoms with Crippen LogP contribution in [0.5, 0.6) is 0 Å². The molecular formula is C15H20N2S. The predicted octanol–water partition coefficient (Wildman–Crippen LogP) is 4.60. The number of hydrogen-bond donors (Lipinski definition) is 1. The van der Waals surface area contributed by atoms with E-state index in [-0.39, 0.29) is 0 Å². The first kappa shape index (κ1) is 12.0. The van der Waals surface area contributed by atoms with E-state index in [1.807, 2.05) is 0 Å². The topological polar surface area (TPSA) is 24.9 Å². The van der Waals surface area contributed by atoms with Crippen LogP contribution in [0, 0.1) is 12.3 Å². The van der Waals surface area contributed by atoms with Crippen LogP contribution in [0.25, 0.3) is 10.2 Å². The smallest absolute Gasteiger partial charge is 0.183 e. The molecule has 1 aliphatic carbocycles. The molecule has 0 bridgehead atoms. The van der Waals surface area contributed by atoms with Crippen molar-refractivity contribution < 1.29 is 0 Å². The molecule has 1 fully saturated rings. The zero-order valence-corrected chi connectivity index (χ0v) is 11.9. The second-order valence-corrected chi connectivity index (χ2v) is 6.53. The fourth-order valence-electron chi connectivity index (χ4n) is 2.76. The van der Waals surface area contributed by atoms with Crippen molar-refractivity contribution in [3.63, 3.8) is 0 Å². The Morgan fingerprint density at radius 2 is 2.22 bits per heavy atom. The van der Waals surface area contributed by atoms with Gasteiger partial charge in [0, 0.05) is 6.54 Å². The minimum absolute atomic E-state index is 0.549. The fourth-order valence-corrected chi connectivity index (χ4v) is 3.70. The van der Waals surface area contributed by atoms with E-state index in [0.717, 1.165) is 17.2 Å². The van der Waals surface area contributed by atoms with Gasteiger partial charge in [-0.25, -0.2) is 4.98 Å². The van der Waals surface area contributed by atoms with E-state index >= 15 is 0 Å². The first-order chi connectivity index (χ1) is 8.72. The van der Waals surface area contributed by atoms with Gasteiger partial charge >= 0.3 is 0 Å². The van der Waals surface area contributed by atoms with Gasteiger partial charge in [-0.1, -0.05) is 36.8 Å². The molecule has 3 rings (SSSR count). The summed E-state index contributed by atoms with van der Waals surface area (Å²) in [5.74, 6) is 0. The van der Waals surface area contributed by atoms with Crippen LogP contribution in [0.3, 0.4) is 0 Å². The molecule has 0 atom stereocenters. The van der Waals surface area contributed by atoms with Crippen LogP contribution in [0.15, 0.2) is 18.2 Å². The van der Waals surface area contributed by atoms with E-state index < -0.39 is 0 Å². The number of rotatable bonds is 4. The Labute approximate surface area is 112 Å². The third-order valence-electron chi connectivity index (χ3n) is 4.40. The molecule has 1 heterocycles. The molecule has 1 aromatic heterocycles. The number of anilines is 1. The van der Waals surface area contributed by atoms with E-state index in [2.05, 4.69) is 37.4 Å². The molecule has 0 amide bonds. The zero-order chi connectivity index (χ0) is 12.6. The molecule has 2 aromatic rings. The highest BCUT2D eigenvalue weighted by molar-refractivity contribution is 7.22. The van der Waals surface area contributed by atoms with Gasteiger partial charge in [0.1, 0.15) is 0 Å². The van der Waals surface area contributed by atoms with Crippen LogP contribution < -0.4 is 5.32 Å². The molecule has 1 aliphatic rings. The van der Waals surface area contributed by atoms with Crippen LogP contribution in [-0.4, -0.2) is 11.5 Å². The number of para-hydroxylation sites is 1. The average molecular weight is 260 g/mol. The largest absolute Gasteiger partial charge is 0.361 e. The first-order valence-electron chi connectivity index (χ1n) is 6.82. The maximum Gasteiger partial charge on any atom is 0.183 e. The summed E-state index contributed by atoms with van der Waals surface area (Å²) in [5.41, 5.74) is 2.97. The Kier molecular flexibility index (Phi) is 3.02. The van der Waals surface area contributed by atoms with Gasteiger partial charge in [0.05, 0.1) is 10.2 Å². The van der Waals surface area contributed by atoms with Crippen molar-refractivity contribution in [2.45, 2.75) is 39.5 Å². The lowest BCUT2D eigenvalue weighted by molar-refractivity contribution is 0.145. The molecule has 1 N–H and O–H groups in total. The molecule has 0 aliphatic heterocycles. The number of nitrogens with one attached hydrogen (secondary N) is 1. The van der Waals surface area contributed by atoms with Gasteiger partial charge in [0.25, 0.3) is 0 Å². The van der Waals surface area contributed by atoms with E-state index in [1.54, 1.807) is 11.3 Å². The van der Waals surface area contributed by atoms with Gasteiger partial charge in [0.15, 0.2) is 5.13 Å². The third kappa shape index (κ3) is 2.01. The van der Waals surface area contributed by atoms with E-state index in [4.69, 9.17) is 4.98 Å². The average Bonchev–Trinajstić information content (AvgIpc) is 2.73. The molecule has 0 saturated heterocycles. The number of fused-ring (bicyclic) bond motifs is 1. The summed E-state index contributed by atoms with van der Waals surface area (Å²) in [7, 11) is 0. The van der Waals surface area contributed by atoms with Crippen molar-refractivity contribution in [3.05, 3.63) is 23.8 Å². The summed E-state index contributed by atoms with van der Waals surface area (Å²) in [6.07, 6.45) is 5.43. The minimum atomic E-state index is 0.549. The molecular weight excluding hydrogens is 240 g/mol. The van der Waals surface area contributed by atoms with Crippen molar-refractivity contribution >= 4 is 26.7 Å². The zero-order valence-electron chi connectivity index (χ0n) is 11.1. The summed E-state index contributed by atoms with van der Waals surface area (Å²) in [4.78, 5) is 4.72. The summed E-state index contributed by atoms with van der Waals surface area (Å²) >= 11 is 1.77. The van der Waals surface area contributed by atoms with Crippen molar-refractivity contribution in [1.82, 2.24) is 4.98 Å². The Morgan fingerprint density at radius 1 is 1.39 bits per heavy atom. The van der Waals surface area contributed by atoms with Gasteiger partial charge in [-0.2, -0.15) is 0 Å². The molecule has 0 spiro atoms.